The molecular weight excluding hydrogens is 242 g/mol. The van der Waals surface area contributed by atoms with Crippen molar-refractivity contribution in [2.45, 2.75) is 50.6 Å². The van der Waals surface area contributed by atoms with Crippen LogP contribution in [0.4, 0.5) is 0 Å². The fraction of sp³-hybridized carbons (Fsp3) is 0.929. The fourth-order valence-corrected chi connectivity index (χ4v) is 2.97. The van der Waals surface area contributed by atoms with E-state index < -0.39 is 5.54 Å². The Kier molecular flexibility index (Phi) is 5.19. The summed E-state index contributed by atoms with van der Waals surface area (Å²) in [6, 6.07) is 0.347. The first-order chi connectivity index (χ1) is 9.12. The molecule has 0 aromatic heterocycles. The third-order valence-corrected chi connectivity index (χ3v) is 4.43. The van der Waals surface area contributed by atoms with E-state index in [0.717, 1.165) is 52.0 Å². The van der Waals surface area contributed by atoms with Crippen molar-refractivity contribution in [1.29, 1.82) is 0 Å². The van der Waals surface area contributed by atoms with Crippen LogP contribution in [0.5, 0.6) is 0 Å². The number of nitrogens with zero attached hydrogens (tertiary/aromatic N) is 1. The van der Waals surface area contributed by atoms with Crippen LogP contribution in [0.3, 0.4) is 0 Å². The van der Waals surface area contributed by atoms with Crippen LogP contribution in [0.1, 0.15) is 39.0 Å². The van der Waals surface area contributed by atoms with Gasteiger partial charge in [-0.25, -0.2) is 0 Å². The van der Waals surface area contributed by atoms with E-state index >= 15 is 0 Å². The second kappa shape index (κ2) is 6.68. The van der Waals surface area contributed by atoms with Gasteiger partial charge in [0.2, 0.25) is 5.91 Å². The zero-order chi connectivity index (χ0) is 13.7. The van der Waals surface area contributed by atoms with Gasteiger partial charge < -0.3 is 15.8 Å². The maximum absolute atomic E-state index is 12.2. The molecule has 2 fully saturated rings. The maximum atomic E-state index is 12.2. The molecule has 1 aliphatic heterocycles. The minimum Gasteiger partial charge on any atom is -0.379 e. The van der Waals surface area contributed by atoms with Crippen molar-refractivity contribution in [2.24, 2.45) is 5.73 Å². The molecule has 0 aromatic carbocycles. The van der Waals surface area contributed by atoms with E-state index in [4.69, 9.17) is 10.5 Å². The summed E-state index contributed by atoms with van der Waals surface area (Å²) in [5, 5.41) is 3.04. The zero-order valence-electron chi connectivity index (χ0n) is 12.0. The highest BCUT2D eigenvalue weighted by atomic mass is 16.5. The Morgan fingerprint density at radius 2 is 1.95 bits per heavy atom. The first kappa shape index (κ1) is 14.8. The largest absolute Gasteiger partial charge is 0.379 e. The highest BCUT2D eigenvalue weighted by molar-refractivity contribution is 5.86. The lowest BCUT2D eigenvalue weighted by molar-refractivity contribution is -0.127. The summed E-state index contributed by atoms with van der Waals surface area (Å²) < 4.78 is 5.34. The SMILES string of the molecule is CC(CNC(=O)C1(N)CCCCC1)N1CCOCC1. The number of nitrogens with one attached hydrogen (secondary N) is 1. The molecule has 0 bridgehead atoms. The van der Waals surface area contributed by atoms with E-state index in [0.29, 0.717) is 12.6 Å². The quantitative estimate of drug-likeness (QED) is 0.779. The molecule has 1 atom stereocenters. The molecular formula is C14H27N3O2. The topological polar surface area (TPSA) is 67.6 Å². The molecule has 5 nitrogen and oxygen atoms in total. The van der Waals surface area contributed by atoms with E-state index in [-0.39, 0.29) is 5.91 Å². The van der Waals surface area contributed by atoms with E-state index in [1.165, 1.54) is 6.42 Å². The van der Waals surface area contributed by atoms with Crippen LogP contribution >= 0.6 is 0 Å². The van der Waals surface area contributed by atoms with Crippen LogP contribution < -0.4 is 11.1 Å². The normalized spacial score (nSPS) is 25.8. The fourth-order valence-electron chi connectivity index (χ4n) is 2.97. The Balaban J connectivity index is 1.75. The monoisotopic (exact) mass is 269 g/mol. The number of ether oxygens (including phenoxy) is 1. The molecule has 2 aliphatic rings. The van der Waals surface area contributed by atoms with Gasteiger partial charge in [0.15, 0.2) is 0 Å². The lowest BCUT2D eigenvalue weighted by Gasteiger charge is -2.35. The molecule has 19 heavy (non-hydrogen) atoms. The number of carbonyl (C=O) groups is 1. The summed E-state index contributed by atoms with van der Waals surface area (Å²) in [5.74, 6) is 0.0345. The maximum Gasteiger partial charge on any atom is 0.240 e. The number of nitrogens with two attached hydrogens (primary N) is 1. The Bertz CT molecular complexity index is 297. The number of carbonyl (C=O) groups excluding carboxylic acids is 1. The van der Waals surface area contributed by atoms with Gasteiger partial charge >= 0.3 is 0 Å². The van der Waals surface area contributed by atoms with Crippen molar-refractivity contribution in [2.75, 3.05) is 32.8 Å². The number of amides is 1. The molecule has 0 radical (unpaired) electrons. The van der Waals surface area contributed by atoms with Crippen LogP contribution in [0, 0.1) is 0 Å². The van der Waals surface area contributed by atoms with Gasteiger partial charge in [-0.1, -0.05) is 19.3 Å². The summed E-state index contributed by atoms with van der Waals surface area (Å²) in [6.07, 6.45) is 5.00. The minimum absolute atomic E-state index is 0.0345. The number of morpholine rings is 1. The molecule has 1 saturated carbocycles. The first-order valence-electron chi connectivity index (χ1n) is 7.51. The Hall–Kier alpha value is -0.650. The number of hydrogen-bond acceptors (Lipinski definition) is 4. The van der Waals surface area contributed by atoms with Crippen molar-refractivity contribution >= 4 is 5.91 Å². The highest BCUT2D eigenvalue weighted by Crippen LogP contribution is 2.25. The molecule has 3 N–H and O–H groups in total. The molecule has 110 valence electrons. The molecule has 0 aromatic rings. The van der Waals surface area contributed by atoms with Gasteiger partial charge in [0, 0.05) is 25.7 Å². The molecule has 1 aliphatic carbocycles. The van der Waals surface area contributed by atoms with Gasteiger partial charge in [0.25, 0.3) is 0 Å². The lowest BCUT2D eigenvalue weighted by atomic mass is 9.82. The minimum atomic E-state index is -0.622. The van der Waals surface area contributed by atoms with Crippen LogP contribution in [0.15, 0.2) is 0 Å². The number of rotatable bonds is 4. The molecule has 5 heteroatoms. The smallest absolute Gasteiger partial charge is 0.240 e. The van der Waals surface area contributed by atoms with Crippen molar-refractivity contribution in [1.82, 2.24) is 10.2 Å². The van der Waals surface area contributed by atoms with Crippen LogP contribution in [-0.4, -0.2) is 55.2 Å². The number of hydrogen-bond donors (Lipinski definition) is 2. The van der Waals surface area contributed by atoms with E-state index in [1.54, 1.807) is 0 Å². The summed E-state index contributed by atoms with van der Waals surface area (Å²) >= 11 is 0. The van der Waals surface area contributed by atoms with Crippen molar-refractivity contribution in [3.8, 4) is 0 Å². The van der Waals surface area contributed by atoms with E-state index in [1.807, 2.05) is 0 Å². The zero-order valence-corrected chi connectivity index (χ0v) is 12.0. The third kappa shape index (κ3) is 3.91. The average molecular weight is 269 g/mol. The standard InChI is InChI=1S/C14H27N3O2/c1-12(17-7-9-19-10-8-17)11-16-13(18)14(15)5-3-2-4-6-14/h12H,2-11,15H2,1H3,(H,16,18). The van der Waals surface area contributed by atoms with Gasteiger partial charge in [-0.15, -0.1) is 0 Å². The Morgan fingerprint density at radius 3 is 2.58 bits per heavy atom. The summed E-state index contributed by atoms with van der Waals surface area (Å²) in [6.45, 7) is 6.31. The van der Waals surface area contributed by atoms with Crippen molar-refractivity contribution in [3.05, 3.63) is 0 Å². The molecule has 1 unspecified atom stereocenters. The summed E-state index contributed by atoms with van der Waals surface area (Å²) in [4.78, 5) is 14.6. The lowest BCUT2D eigenvalue weighted by Crippen LogP contribution is -2.57. The molecule has 1 saturated heterocycles. The van der Waals surface area contributed by atoms with Gasteiger partial charge in [0.1, 0.15) is 0 Å². The molecule has 2 rings (SSSR count). The Morgan fingerprint density at radius 1 is 1.32 bits per heavy atom. The van der Waals surface area contributed by atoms with Gasteiger partial charge in [-0.2, -0.15) is 0 Å². The third-order valence-electron chi connectivity index (χ3n) is 4.43. The second-order valence-electron chi connectivity index (χ2n) is 5.92. The van der Waals surface area contributed by atoms with Crippen LogP contribution in [0.25, 0.3) is 0 Å². The van der Waals surface area contributed by atoms with Crippen LogP contribution in [0.2, 0.25) is 0 Å². The summed E-state index contributed by atoms with van der Waals surface area (Å²) in [5.41, 5.74) is 5.60. The van der Waals surface area contributed by atoms with Gasteiger partial charge in [0.05, 0.1) is 18.8 Å². The molecule has 0 spiro atoms. The predicted octanol–water partition coefficient (Wildman–Crippen LogP) is 0.485. The van der Waals surface area contributed by atoms with E-state index in [2.05, 4.69) is 17.1 Å². The van der Waals surface area contributed by atoms with Gasteiger partial charge in [-0.3, -0.25) is 9.69 Å². The van der Waals surface area contributed by atoms with Crippen LogP contribution in [-0.2, 0) is 9.53 Å². The highest BCUT2D eigenvalue weighted by Gasteiger charge is 2.35. The molecule has 1 heterocycles. The summed E-state index contributed by atoms with van der Waals surface area (Å²) in [7, 11) is 0. The second-order valence-corrected chi connectivity index (χ2v) is 5.92. The Labute approximate surface area is 115 Å². The van der Waals surface area contributed by atoms with Crippen molar-refractivity contribution < 1.29 is 9.53 Å². The van der Waals surface area contributed by atoms with E-state index in [9.17, 15) is 4.79 Å². The van der Waals surface area contributed by atoms with Gasteiger partial charge in [-0.05, 0) is 19.8 Å². The predicted molar refractivity (Wildman–Crippen MR) is 74.9 cm³/mol. The first-order valence-corrected chi connectivity index (χ1v) is 7.51. The average Bonchev–Trinajstić information content (AvgIpc) is 2.46. The molecule has 1 amide bonds. The van der Waals surface area contributed by atoms with Crippen molar-refractivity contribution in [3.63, 3.8) is 0 Å².